The molecule has 1 fully saturated rings. The van der Waals surface area contributed by atoms with Gasteiger partial charge in [-0.3, -0.25) is 0 Å². The van der Waals surface area contributed by atoms with E-state index in [4.69, 9.17) is 4.74 Å². The van der Waals surface area contributed by atoms with Crippen LogP contribution in [0.3, 0.4) is 0 Å². The monoisotopic (exact) mass is 270 g/mol. The van der Waals surface area contributed by atoms with Crippen LogP contribution in [-0.4, -0.2) is 27.8 Å². The smallest absolute Gasteiger partial charge is 0.0678 e. The molecular formula is C16H32NO2. The molecule has 1 aliphatic rings. The predicted molar refractivity (Wildman–Crippen MR) is 78.3 cm³/mol. The number of nitrogens with zero attached hydrogens (tertiary/aromatic N) is 1. The molecule has 3 heteroatoms. The lowest BCUT2D eigenvalue weighted by atomic mass is 9.77. The lowest BCUT2D eigenvalue weighted by molar-refractivity contribution is -0.309. The topological polar surface area (TPSA) is 32.4 Å². The van der Waals surface area contributed by atoms with Crippen molar-refractivity contribution in [1.82, 2.24) is 5.06 Å². The quantitative estimate of drug-likeness (QED) is 0.753. The van der Waals surface area contributed by atoms with Gasteiger partial charge in [0.2, 0.25) is 0 Å². The average molecular weight is 270 g/mol. The molecule has 1 heterocycles. The minimum Gasteiger partial charge on any atom is -0.372 e. The van der Waals surface area contributed by atoms with Crippen LogP contribution in [-0.2, 0) is 9.94 Å². The lowest BCUT2D eigenvalue weighted by Crippen LogP contribution is -2.61. The number of piperidine rings is 1. The molecule has 1 saturated heterocycles. The highest BCUT2D eigenvalue weighted by atomic mass is 16.5. The number of rotatable bonds is 2. The molecule has 0 aromatic carbocycles. The maximum Gasteiger partial charge on any atom is 0.0678 e. The van der Waals surface area contributed by atoms with E-state index in [2.05, 4.69) is 34.6 Å². The number of ether oxygens (including phenoxy) is 1. The third-order valence-electron chi connectivity index (χ3n) is 4.82. The Kier molecular flexibility index (Phi) is 4.20. The molecule has 1 aliphatic heterocycles. The molecule has 0 atom stereocenters. The zero-order valence-electron chi connectivity index (χ0n) is 14.3. The normalized spacial score (nSPS) is 25.6. The van der Waals surface area contributed by atoms with Gasteiger partial charge in [-0.25, -0.2) is 0 Å². The predicted octanol–water partition coefficient (Wildman–Crippen LogP) is 4.19. The number of hydroxylamine groups is 2. The van der Waals surface area contributed by atoms with Gasteiger partial charge in [0, 0.05) is 11.1 Å². The van der Waals surface area contributed by atoms with Crippen LogP contribution in [0.4, 0.5) is 0 Å². The van der Waals surface area contributed by atoms with Crippen molar-refractivity contribution < 1.29 is 9.94 Å². The molecule has 0 N–H and O–H groups in total. The summed E-state index contributed by atoms with van der Waals surface area (Å²) < 4.78 is 6.40. The summed E-state index contributed by atoms with van der Waals surface area (Å²) in [4.78, 5) is 0. The largest absolute Gasteiger partial charge is 0.372 e. The van der Waals surface area contributed by atoms with Gasteiger partial charge in [-0.15, -0.1) is 10.3 Å². The van der Waals surface area contributed by atoms with Crippen molar-refractivity contribution in [2.45, 2.75) is 97.9 Å². The highest BCUT2D eigenvalue weighted by Crippen LogP contribution is 2.42. The first-order valence-corrected chi connectivity index (χ1v) is 7.34. The SMILES string of the molecule is CC1(C)CC(OC(C)(C)C(C)(C)C)CC(C)(C)N1[O]. The molecular weight excluding hydrogens is 238 g/mol. The third-order valence-corrected chi connectivity index (χ3v) is 4.82. The second-order valence-electron chi connectivity index (χ2n) is 8.83. The molecule has 0 aromatic heterocycles. The van der Waals surface area contributed by atoms with Gasteiger partial charge in [-0.1, -0.05) is 20.8 Å². The standard InChI is InChI=1S/C16H32NO2/c1-13(2,3)16(8,9)19-12-10-14(4,5)17(18)15(6,7)11-12/h12H,10-11H2,1-9H3. The summed E-state index contributed by atoms with van der Waals surface area (Å²) >= 11 is 0. The molecule has 19 heavy (non-hydrogen) atoms. The van der Waals surface area contributed by atoms with Crippen molar-refractivity contribution in [2.24, 2.45) is 5.41 Å². The first-order valence-electron chi connectivity index (χ1n) is 7.34. The maximum absolute atomic E-state index is 12.3. The fourth-order valence-electron chi connectivity index (χ4n) is 2.85. The second-order valence-corrected chi connectivity index (χ2v) is 8.83. The summed E-state index contributed by atoms with van der Waals surface area (Å²) in [6, 6.07) is 0. The van der Waals surface area contributed by atoms with Gasteiger partial charge >= 0.3 is 0 Å². The van der Waals surface area contributed by atoms with Crippen LogP contribution in [0.2, 0.25) is 0 Å². The minimum atomic E-state index is -0.361. The summed E-state index contributed by atoms with van der Waals surface area (Å²) in [5, 5.41) is 13.6. The Hall–Kier alpha value is -0.120. The Morgan fingerprint density at radius 3 is 1.63 bits per heavy atom. The minimum absolute atomic E-state index is 0.0793. The molecule has 1 radical (unpaired) electrons. The maximum atomic E-state index is 12.3. The molecule has 0 unspecified atom stereocenters. The Bertz CT molecular complexity index is 308. The zero-order valence-corrected chi connectivity index (χ0v) is 14.3. The molecule has 0 aliphatic carbocycles. The molecule has 0 spiro atoms. The number of hydrogen-bond donors (Lipinski definition) is 0. The van der Waals surface area contributed by atoms with Crippen molar-refractivity contribution in [2.75, 3.05) is 0 Å². The fourth-order valence-corrected chi connectivity index (χ4v) is 2.85. The van der Waals surface area contributed by atoms with Gasteiger partial charge in [-0.2, -0.15) is 0 Å². The van der Waals surface area contributed by atoms with E-state index in [9.17, 15) is 5.21 Å². The summed E-state index contributed by atoms with van der Waals surface area (Å²) in [7, 11) is 0. The molecule has 0 aromatic rings. The van der Waals surface area contributed by atoms with E-state index in [1.807, 2.05) is 27.7 Å². The summed E-state index contributed by atoms with van der Waals surface area (Å²) in [5.74, 6) is 0. The average Bonchev–Trinajstić information content (AvgIpc) is 2.10. The Balaban J connectivity index is 2.88. The van der Waals surface area contributed by atoms with Gasteiger partial charge in [0.25, 0.3) is 0 Å². The van der Waals surface area contributed by atoms with Crippen molar-refractivity contribution in [3.8, 4) is 0 Å². The van der Waals surface area contributed by atoms with Gasteiger partial charge in [-0.05, 0) is 59.8 Å². The zero-order chi connectivity index (χ0) is 15.3. The van der Waals surface area contributed by atoms with E-state index < -0.39 is 0 Å². The highest BCUT2D eigenvalue weighted by molar-refractivity contribution is 4.98. The van der Waals surface area contributed by atoms with Crippen molar-refractivity contribution in [3.05, 3.63) is 0 Å². The molecule has 0 saturated carbocycles. The Labute approximate surface area is 119 Å². The van der Waals surface area contributed by atoms with Crippen LogP contribution in [0.25, 0.3) is 0 Å². The van der Waals surface area contributed by atoms with Crippen LogP contribution < -0.4 is 0 Å². The molecule has 0 amide bonds. The highest BCUT2D eigenvalue weighted by Gasteiger charge is 2.48. The summed E-state index contributed by atoms with van der Waals surface area (Å²) in [6.07, 6.45) is 1.73. The van der Waals surface area contributed by atoms with Crippen LogP contribution in [0.1, 0.15) is 75.2 Å². The van der Waals surface area contributed by atoms with Gasteiger partial charge < -0.3 is 4.74 Å². The molecule has 1 rings (SSSR count). The van der Waals surface area contributed by atoms with Gasteiger partial charge in [0.15, 0.2) is 0 Å². The summed E-state index contributed by atoms with van der Waals surface area (Å²) in [5.41, 5.74) is -0.842. The fraction of sp³-hybridized carbons (Fsp3) is 1.00. The van der Waals surface area contributed by atoms with E-state index >= 15 is 0 Å². The van der Waals surface area contributed by atoms with Gasteiger partial charge in [0.05, 0.1) is 11.7 Å². The Morgan fingerprint density at radius 1 is 0.947 bits per heavy atom. The van der Waals surface area contributed by atoms with E-state index in [1.54, 1.807) is 0 Å². The second kappa shape index (κ2) is 4.71. The number of hydrogen-bond acceptors (Lipinski definition) is 2. The molecule has 3 nitrogen and oxygen atoms in total. The van der Waals surface area contributed by atoms with E-state index in [0.717, 1.165) is 12.8 Å². The van der Waals surface area contributed by atoms with Gasteiger partial charge in [0.1, 0.15) is 0 Å². The van der Waals surface area contributed by atoms with Crippen LogP contribution in [0, 0.1) is 5.41 Å². The van der Waals surface area contributed by atoms with E-state index in [-0.39, 0.29) is 28.2 Å². The summed E-state index contributed by atoms with van der Waals surface area (Å²) in [6.45, 7) is 19.0. The molecule has 113 valence electrons. The molecule has 0 bridgehead atoms. The van der Waals surface area contributed by atoms with Crippen LogP contribution in [0.5, 0.6) is 0 Å². The lowest BCUT2D eigenvalue weighted by Gasteiger charge is -2.52. The van der Waals surface area contributed by atoms with Crippen LogP contribution in [0.15, 0.2) is 0 Å². The first-order chi connectivity index (χ1) is 8.19. The van der Waals surface area contributed by atoms with Crippen LogP contribution >= 0.6 is 0 Å². The van der Waals surface area contributed by atoms with E-state index in [0.29, 0.717) is 0 Å². The van der Waals surface area contributed by atoms with Crippen molar-refractivity contribution >= 4 is 0 Å². The van der Waals surface area contributed by atoms with Crippen molar-refractivity contribution in [3.63, 3.8) is 0 Å². The van der Waals surface area contributed by atoms with Crippen molar-refractivity contribution in [1.29, 1.82) is 0 Å². The third kappa shape index (κ3) is 3.50. The Morgan fingerprint density at radius 2 is 1.32 bits per heavy atom. The van der Waals surface area contributed by atoms with E-state index in [1.165, 1.54) is 5.06 Å². The first kappa shape index (κ1) is 16.9.